The maximum absolute atomic E-state index is 12.8. The van der Waals surface area contributed by atoms with Crippen molar-refractivity contribution < 1.29 is 9.21 Å². The van der Waals surface area contributed by atoms with E-state index in [1.165, 1.54) is 6.39 Å². The van der Waals surface area contributed by atoms with Crippen molar-refractivity contribution in [2.24, 2.45) is 0 Å². The van der Waals surface area contributed by atoms with Crippen molar-refractivity contribution in [1.29, 1.82) is 0 Å². The number of hydrogen-bond donors (Lipinski definition) is 1. The zero-order valence-corrected chi connectivity index (χ0v) is 14.9. The first-order valence-corrected chi connectivity index (χ1v) is 8.36. The van der Waals surface area contributed by atoms with E-state index < -0.39 is 0 Å². The van der Waals surface area contributed by atoms with E-state index in [-0.39, 0.29) is 5.91 Å². The monoisotopic (exact) mass is 366 g/mol. The van der Waals surface area contributed by atoms with Crippen LogP contribution in [0.3, 0.4) is 0 Å². The molecule has 1 amide bonds. The average molecular weight is 367 g/mol. The standard InChI is InChI=1S/C19H15ClN4O2/c1-11-7-12(2)24-6-5-14(18(24)22-11)19(25)23-13-3-4-16(20)15(8-13)17-9-21-10-26-17/h3-10H,1-2H3,(H,23,25). The van der Waals surface area contributed by atoms with Gasteiger partial charge in [0.05, 0.1) is 16.8 Å². The number of benzene rings is 1. The second-order valence-corrected chi connectivity index (χ2v) is 6.38. The van der Waals surface area contributed by atoms with Crippen LogP contribution in [0.1, 0.15) is 21.7 Å². The van der Waals surface area contributed by atoms with Crippen molar-refractivity contribution in [3.05, 3.63) is 71.1 Å². The molecular weight excluding hydrogens is 352 g/mol. The first-order valence-electron chi connectivity index (χ1n) is 7.98. The lowest BCUT2D eigenvalue weighted by atomic mass is 10.1. The van der Waals surface area contributed by atoms with E-state index in [2.05, 4.69) is 15.3 Å². The van der Waals surface area contributed by atoms with E-state index in [9.17, 15) is 4.79 Å². The molecule has 4 aromatic rings. The lowest BCUT2D eigenvalue weighted by Crippen LogP contribution is -2.12. The van der Waals surface area contributed by atoms with Crippen molar-refractivity contribution in [2.45, 2.75) is 13.8 Å². The summed E-state index contributed by atoms with van der Waals surface area (Å²) in [5.41, 5.74) is 4.29. The number of halogens is 1. The van der Waals surface area contributed by atoms with Gasteiger partial charge in [0.1, 0.15) is 5.65 Å². The van der Waals surface area contributed by atoms with Crippen molar-refractivity contribution in [2.75, 3.05) is 5.32 Å². The van der Waals surface area contributed by atoms with Gasteiger partial charge in [-0.25, -0.2) is 9.97 Å². The smallest absolute Gasteiger partial charge is 0.259 e. The van der Waals surface area contributed by atoms with Gasteiger partial charge in [-0.3, -0.25) is 4.79 Å². The summed E-state index contributed by atoms with van der Waals surface area (Å²) in [7, 11) is 0. The number of amides is 1. The Hall–Kier alpha value is -3.12. The van der Waals surface area contributed by atoms with Crippen LogP contribution < -0.4 is 5.32 Å². The molecule has 0 spiro atoms. The number of hydrogen-bond acceptors (Lipinski definition) is 4. The minimum Gasteiger partial charge on any atom is -0.443 e. The molecule has 0 unspecified atom stereocenters. The molecule has 0 saturated carbocycles. The number of carbonyl (C=O) groups is 1. The van der Waals surface area contributed by atoms with Gasteiger partial charge in [0.2, 0.25) is 0 Å². The predicted molar refractivity (Wildman–Crippen MR) is 99.6 cm³/mol. The lowest BCUT2D eigenvalue weighted by molar-refractivity contribution is 0.102. The van der Waals surface area contributed by atoms with Crippen molar-refractivity contribution in [3.63, 3.8) is 0 Å². The van der Waals surface area contributed by atoms with Gasteiger partial charge in [-0.15, -0.1) is 0 Å². The number of carbonyl (C=O) groups excluding carboxylic acids is 1. The molecule has 3 heterocycles. The number of anilines is 1. The molecule has 3 aromatic heterocycles. The first kappa shape index (κ1) is 16.4. The predicted octanol–water partition coefficient (Wildman–Crippen LogP) is 4.51. The summed E-state index contributed by atoms with van der Waals surface area (Å²) < 4.78 is 7.19. The summed E-state index contributed by atoms with van der Waals surface area (Å²) in [4.78, 5) is 21.1. The van der Waals surface area contributed by atoms with Crippen LogP contribution in [0.2, 0.25) is 5.02 Å². The highest BCUT2D eigenvalue weighted by molar-refractivity contribution is 6.33. The van der Waals surface area contributed by atoms with Gasteiger partial charge in [-0.2, -0.15) is 0 Å². The van der Waals surface area contributed by atoms with Crippen LogP contribution in [0.25, 0.3) is 17.0 Å². The van der Waals surface area contributed by atoms with E-state index >= 15 is 0 Å². The largest absolute Gasteiger partial charge is 0.443 e. The zero-order chi connectivity index (χ0) is 18.3. The molecule has 0 atom stereocenters. The van der Waals surface area contributed by atoms with Gasteiger partial charge < -0.3 is 14.1 Å². The summed E-state index contributed by atoms with van der Waals surface area (Å²) in [5, 5.41) is 3.41. The second kappa shape index (κ2) is 6.31. The quantitative estimate of drug-likeness (QED) is 0.579. The number of nitrogens with one attached hydrogen (secondary N) is 1. The van der Waals surface area contributed by atoms with E-state index in [4.69, 9.17) is 16.0 Å². The fourth-order valence-corrected chi connectivity index (χ4v) is 3.12. The van der Waals surface area contributed by atoms with Crippen molar-refractivity contribution in [3.8, 4) is 11.3 Å². The molecule has 0 bridgehead atoms. The fraction of sp³-hybridized carbons (Fsp3) is 0.105. The third-order valence-corrected chi connectivity index (χ3v) is 4.44. The summed E-state index contributed by atoms with van der Waals surface area (Å²) in [6.07, 6.45) is 4.75. The zero-order valence-electron chi connectivity index (χ0n) is 14.2. The van der Waals surface area contributed by atoms with E-state index in [0.29, 0.717) is 33.2 Å². The molecule has 0 aliphatic heterocycles. The van der Waals surface area contributed by atoms with Crippen LogP contribution in [-0.4, -0.2) is 20.3 Å². The van der Waals surface area contributed by atoms with Gasteiger partial charge in [0, 0.05) is 28.8 Å². The highest BCUT2D eigenvalue weighted by Crippen LogP contribution is 2.30. The number of oxazole rings is 1. The molecular formula is C19H15ClN4O2. The second-order valence-electron chi connectivity index (χ2n) is 5.98. The molecule has 1 aromatic carbocycles. The summed E-state index contributed by atoms with van der Waals surface area (Å²) >= 11 is 6.22. The Balaban J connectivity index is 1.68. The number of nitrogens with zero attached hydrogens (tertiary/aromatic N) is 3. The summed E-state index contributed by atoms with van der Waals surface area (Å²) in [5.74, 6) is 0.296. The molecule has 130 valence electrons. The molecule has 4 rings (SSSR count). The number of fused-ring (bicyclic) bond motifs is 1. The molecule has 0 aliphatic rings. The van der Waals surface area contributed by atoms with Gasteiger partial charge >= 0.3 is 0 Å². The van der Waals surface area contributed by atoms with Gasteiger partial charge in [0.15, 0.2) is 12.2 Å². The molecule has 7 heteroatoms. The van der Waals surface area contributed by atoms with E-state index in [0.717, 1.165) is 11.4 Å². The Morgan fingerprint density at radius 3 is 2.85 bits per heavy atom. The van der Waals surface area contributed by atoms with E-state index in [1.54, 1.807) is 30.5 Å². The fourth-order valence-electron chi connectivity index (χ4n) is 2.91. The Morgan fingerprint density at radius 2 is 2.08 bits per heavy atom. The summed E-state index contributed by atoms with van der Waals surface area (Å²) in [6.45, 7) is 3.89. The maximum Gasteiger partial charge on any atom is 0.259 e. The molecule has 0 radical (unpaired) electrons. The van der Waals surface area contributed by atoms with Crippen LogP contribution in [0.5, 0.6) is 0 Å². The van der Waals surface area contributed by atoms with Crippen LogP contribution in [0.15, 0.2) is 53.5 Å². The Morgan fingerprint density at radius 1 is 1.23 bits per heavy atom. The first-order chi connectivity index (χ1) is 12.5. The molecule has 6 nitrogen and oxygen atoms in total. The van der Waals surface area contributed by atoms with Crippen LogP contribution in [0.4, 0.5) is 5.69 Å². The Bertz CT molecular complexity index is 1120. The van der Waals surface area contributed by atoms with Crippen molar-refractivity contribution >= 4 is 28.8 Å². The third-order valence-electron chi connectivity index (χ3n) is 4.11. The SMILES string of the molecule is Cc1cc(C)n2ccc(C(=O)Nc3ccc(Cl)c(-c4cnco4)c3)c2n1. The Kier molecular flexibility index (Phi) is 3.97. The van der Waals surface area contributed by atoms with Gasteiger partial charge in [-0.1, -0.05) is 11.6 Å². The van der Waals surface area contributed by atoms with Crippen molar-refractivity contribution in [1.82, 2.24) is 14.4 Å². The molecule has 0 aliphatic carbocycles. The average Bonchev–Trinajstić information content (AvgIpc) is 3.26. The van der Waals surface area contributed by atoms with E-state index in [1.807, 2.05) is 30.5 Å². The number of aromatic nitrogens is 3. The Labute approximate surface area is 154 Å². The highest BCUT2D eigenvalue weighted by Gasteiger charge is 2.15. The maximum atomic E-state index is 12.8. The lowest BCUT2D eigenvalue weighted by Gasteiger charge is -2.08. The number of rotatable bonds is 3. The molecule has 26 heavy (non-hydrogen) atoms. The molecule has 0 saturated heterocycles. The normalized spacial score (nSPS) is 11.0. The summed E-state index contributed by atoms with van der Waals surface area (Å²) in [6, 6.07) is 8.93. The third kappa shape index (κ3) is 2.84. The van der Waals surface area contributed by atoms with Gasteiger partial charge in [-0.05, 0) is 44.2 Å². The minimum absolute atomic E-state index is 0.240. The van der Waals surface area contributed by atoms with Crippen LogP contribution >= 0.6 is 11.6 Å². The highest BCUT2D eigenvalue weighted by atomic mass is 35.5. The topological polar surface area (TPSA) is 72.4 Å². The minimum atomic E-state index is -0.240. The number of aryl methyl sites for hydroxylation is 2. The van der Waals surface area contributed by atoms with Gasteiger partial charge in [0.25, 0.3) is 5.91 Å². The van der Waals surface area contributed by atoms with Crippen LogP contribution in [-0.2, 0) is 0 Å². The molecule has 0 fully saturated rings. The van der Waals surface area contributed by atoms with Crippen LogP contribution in [0, 0.1) is 13.8 Å². The molecule has 1 N–H and O–H groups in total.